The van der Waals surface area contributed by atoms with Crippen LogP contribution in [0.1, 0.15) is 12.8 Å². The lowest BCUT2D eigenvalue weighted by atomic mass is 10.2. The van der Waals surface area contributed by atoms with Crippen LogP contribution in [0.25, 0.3) is 11.0 Å². The number of aliphatic hydroxyl groups excluding tert-OH is 1. The van der Waals surface area contributed by atoms with Crippen molar-refractivity contribution in [3.8, 4) is 0 Å². The molecule has 7 heteroatoms. The highest BCUT2D eigenvalue weighted by molar-refractivity contribution is 7.89. The number of likely N-dealkylation sites (N-methyl/N-ethyl adjacent to an activating group) is 1. The zero-order chi connectivity index (χ0) is 14.3. The number of hydrogen-bond acceptors (Lipinski definition) is 4. The molecular formula is C13H17N3O3S. The van der Waals surface area contributed by atoms with Crippen LogP contribution in [-0.4, -0.2) is 47.5 Å². The number of nitrogens with zero attached hydrogens (tertiary/aromatic N) is 2. The van der Waals surface area contributed by atoms with E-state index in [4.69, 9.17) is 0 Å². The largest absolute Gasteiger partial charge is 0.391 e. The quantitative estimate of drug-likeness (QED) is 0.860. The van der Waals surface area contributed by atoms with E-state index in [0.29, 0.717) is 11.0 Å². The van der Waals surface area contributed by atoms with Gasteiger partial charge in [0.15, 0.2) is 0 Å². The summed E-state index contributed by atoms with van der Waals surface area (Å²) in [6.45, 7) is 0.125. The summed E-state index contributed by atoms with van der Waals surface area (Å²) in [6.07, 6.45) is 4.43. The number of aromatic amines is 1. The monoisotopic (exact) mass is 295 g/mol. The third-order valence-electron chi connectivity index (χ3n) is 3.71. The standard InChI is InChI=1S/C13H17N3O3S/c1-16(8-11(17)9-4-5-9)20(18,19)12-7-15-13-10(12)3-2-6-14-13/h2-3,6-7,9,11,17H,4-5,8H2,1H3,(H,14,15). The molecule has 6 nitrogen and oxygen atoms in total. The zero-order valence-electron chi connectivity index (χ0n) is 11.2. The van der Waals surface area contributed by atoms with Crippen LogP contribution >= 0.6 is 0 Å². The lowest BCUT2D eigenvalue weighted by Gasteiger charge is -2.20. The highest BCUT2D eigenvalue weighted by atomic mass is 32.2. The number of pyridine rings is 1. The van der Waals surface area contributed by atoms with Crippen LogP contribution in [0.4, 0.5) is 0 Å². The van der Waals surface area contributed by atoms with E-state index in [-0.39, 0.29) is 17.4 Å². The SMILES string of the molecule is CN(CC(O)C1CC1)S(=O)(=O)c1c[nH]c2ncccc12. The first kappa shape index (κ1) is 13.5. The van der Waals surface area contributed by atoms with Crippen molar-refractivity contribution in [1.29, 1.82) is 0 Å². The normalized spacial score (nSPS) is 17.8. The van der Waals surface area contributed by atoms with E-state index in [9.17, 15) is 13.5 Å². The topological polar surface area (TPSA) is 86.3 Å². The summed E-state index contributed by atoms with van der Waals surface area (Å²) in [4.78, 5) is 7.14. The van der Waals surface area contributed by atoms with E-state index in [1.807, 2.05) is 0 Å². The number of sulfonamides is 1. The van der Waals surface area contributed by atoms with Gasteiger partial charge < -0.3 is 10.1 Å². The Balaban J connectivity index is 1.90. The van der Waals surface area contributed by atoms with Crippen molar-refractivity contribution in [3.05, 3.63) is 24.5 Å². The molecule has 1 fully saturated rings. The molecule has 0 amide bonds. The molecule has 2 N–H and O–H groups in total. The molecule has 0 aliphatic heterocycles. The van der Waals surface area contributed by atoms with E-state index in [2.05, 4.69) is 9.97 Å². The van der Waals surface area contributed by atoms with Crippen molar-refractivity contribution in [2.24, 2.45) is 5.92 Å². The fraction of sp³-hybridized carbons (Fsp3) is 0.462. The maximum atomic E-state index is 12.6. The van der Waals surface area contributed by atoms with Gasteiger partial charge in [0.1, 0.15) is 10.5 Å². The van der Waals surface area contributed by atoms with E-state index < -0.39 is 16.1 Å². The minimum atomic E-state index is -3.62. The van der Waals surface area contributed by atoms with Crippen LogP contribution < -0.4 is 0 Å². The predicted octanol–water partition coefficient (Wildman–Crippen LogP) is 0.954. The molecule has 20 heavy (non-hydrogen) atoms. The van der Waals surface area contributed by atoms with Crippen LogP contribution in [0.3, 0.4) is 0 Å². The summed E-state index contributed by atoms with van der Waals surface area (Å²) in [7, 11) is -2.12. The third-order valence-corrected chi connectivity index (χ3v) is 5.57. The lowest BCUT2D eigenvalue weighted by molar-refractivity contribution is 0.131. The van der Waals surface area contributed by atoms with Gasteiger partial charge in [0.2, 0.25) is 10.0 Å². The second kappa shape index (κ2) is 4.83. The molecule has 1 aliphatic rings. The molecule has 3 rings (SSSR count). The number of aromatic nitrogens is 2. The van der Waals surface area contributed by atoms with Crippen LogP contribution in [0.5, 0.6) is 0 Å². The minimum absolute atomic E-state index is 0.125. The lowest BCUT2D eigenvalue weighted by Crippen LogP contribution is -2.35. The van der Waals surface area contributed by atoms with Crippen molar-refractivity contribution < 1.29 is 13.5 Å². The van der Waals surface area contributed by atoms with Crippen molar-refractivity contribution >= 4 is 21.1 Å². The number of nitrogens with one attached hydrogen (secondary N) is 1. The summed E-state index contributed by atoms with van der Waals surface area (Å²) >= 11 is 0. The molecule has 108 valence electrons. The summed E-state index contributed by atoms with van der Waals surface area (Å²) < 4.78 is 26.3. The van der Waals surface area contributed by atoms with Crippen molar-refractivity contribution in [2.75, 3.05) is 13.6 Å². The molecule has 1 atom stereocenters. The molecule has 0 aromatic carbocycles. The van der Waals surface area contributed by atoms with Crippen LogP contribution in [0, 0.1) is 5.92 Å². The van der Waals surface area contributed by atoms with Crippen LogP contribution in [0.15, 0.2) is 29.4 Å². The molecule has 1 saturated carbocycles. The smallest absolute Gasteiger partial charge is 0.245 e. The van der Waals surface area contributed by atoms with Gasteiger partial charge in [-0.05, 0) is 30.9 Å². The number of H-pyrrole nitrogens is 1. The third kappa shape index (κ3) is 2.32. The second-order valence-corrected chi connectivity index (χ2v) is 7.26. The average Bonchev–Trinajstić information content (AvgIpc) is 3.17. The second-order valence-electron chi connectivity index (χ2n) is 5.24. The van der Waals surface area contributed by atoms with Gasteiger partial charge >= 0.3 is 0 Å². The predicted molar refractivity (Wildman–Crippen MR) is 74.6 cm³/mol. The molecule has 0 bridgehead atoms. The van der Waals surface area contributed by atoms with Gasteiger partial charge in [0.05, 0.1) is 6.10 Å². The average molecular weight is 295 g/mol. The van der Waals surface area contributed by atoms with Gasteiger partial charge in [-0.15, -0.1) is 0 Å². The Hall–Kier alpha value is -1.44. The first-order valence-corrected chi connectivity index (χ1v) is 8.00. The highest BCUT2D eigenvalue weighted by Crippen LogP contribution is 2.33. The molecule has 1 aliphatic carbocycles. The van der Waals surface area contributed by atoms with Gasteiger partial charge in [-0.2, -0.15) is 4.31 Å². The molecule has 0 saturated heterocycles. The highest BCUT2D eigenvalue weighted by Gasteiger charge is 2.33. The van der Waals surface area contributed by atoms with Gasteiger partial charge in [-0.3, -0.25) is 0 Å². The van der Waals surface area contributed by atoms with Crippen molar-refractivity contribution in [2.45, 2.75) is 23.8 Å². The Kier molecular flexibility index (Phi) is 3.27. The van der Waals surface area contributed by atoms with E-state index in [1.54, 1.807) is 18.3 Å². The van der Waals surface area contributed by atoms with Gasteiger partial charge in [0.25, 0.3) is 0 Å². The Morgan fingerprint density at radius 2 is 2.30 bits per heavy atom. The van der Waals surface area contributed by atoms with Crippen LogP contribution in [0.2, 0.25) is 0 Å². The van der Waals surface area contributed by atoms with Crippen molar-refractivity contribution in [3.63, 3.8) is 0 Å². The maximum absolute atomic E-state index is 12.6. The number of rotatable bonds is 5. The fourth-order valence-corrected chi connectivity index (χ4v) is 3.64. The summed E-state index contributed by atoms with van der Waals surface area (Å²) in [6, 6.07) is 3.42. The summed E-state index contributed by atoms with van der Waals surface area (Å²) in [5, 5.41) is 10.5. The number of aliphatic hydroxyl groups is 1. The Morgan fingerprint density at radius 3 is 3.00 bits per heavy atom. The molecule has 0 radical (unpaired) electrons. The molecule has 0 spiro atoms. The minimum Gasteiger partial charge on any atom is -0.391 e. The van der Waals surface area contributed by atoms with Crippen molar-refractivity contribution in [1.82, 2.24) is 14.3 Å². The Labute approximate surface area is 117 Å². The number of fused-ring (bicyclic) bond motifs is 1. The molecule has 1 unspecified atom stereocenters. The Bertz CT molecular complexity index is 721. The fourth-order valence-electron chi connectivity index (χ4n) is 2.30. The zero-order valence-corrected chi connectivity index (χ0v) is 12.0. The van der Waals surface area contributed by atoms with Gasteiger partial charge in [-0.1, -0.05) is 0 Å². The van der Waals surface area contributed by atoms with Crippen LogP contribution in [-0.2, 0) is 10.0 Å². The maximum Gasteiger partial charge on any atom is 0.245 e. The molecule has 2 aromatic rings. The van der Waals surface area contributed by atoms with Gasteiger partial charge in [0, 0.05) is 31.4 Å². The van der Waals surface area contributed by atoms with E-state index in [1.165, 1.54) is 17.5 Å². The van der Waals surface area contributed by atoms with E-state index >= 15 is 0 Å². The van der Waals surface area contributed by atoms with Gasteiger partial charge in [-0.25, -0.2) is 13.4 Å². The Morgan fingerprint density at radius 1 is 1.55 bits per heavy atom. The molecule has 2 aromatic heterocycles. The summed E-state index contributed by atoms with van der Waals surface area (Å²) in [5.41, 5.74) is 0.544. The number of hydrogen-bond donors (Lipinski definition) is 2. The molecular weight excluding hydrogens is 278 g/mol. The van der Waals surface area contributed by atoms with E-state index in [0.717, 1.165) is 12.8 Å². The molecule has 2 heterocycles. The first-order chi connectivity index (χ1) is 9.50. The first-order valence-electron chi connectivity index (χ1n) is 6.56. The summed E-state index contributed by atoms with van der Waals surface area (Å²) in [5.74, 6) is 0.247.